The van der Waals surface area contributed by atoms with Gasteiger partial charge in [-0.15, -0.1) is 0 Å². The van der Waals surface area contributed by atoms with E-state index in [1.165, 1.54) is 0 Å². The lowest BCUT2D eigenvalue weighted by molar-refractivity contribution is 0.177. The second-order valence-electron chi connectivity index (χ2n) is 3.19. The molecule has 0 aromatic heterocycles. The van der Waals surface area contributed by atoms with Crippen LogP contribution in [-0.2, 0) is 4.74 Å². The van der Waals surface area contributed by atoms with Gasteiger partial charge in [-0.2, -0.15) is 0 Å². The average Bonchev–Trinajstić information content (AvgIpc) is 2.65. The number of halogens is 1. The lowest BCUT2D eigenvalue weighted by Crippen LogP contribution is -2.18. The van der Waals surface area contributed by atoms with Gasteiger partial charge in [-0.3, -0.25) is 0 Å². The van der Waals surface area contributed by atoms with Crippen molar-refractivity contribution < 1.29 is 14.3 Å². The lowest BCUT2D eigenvalue weighted by atomic mass is 10.1. The summed E-state index contributed by atoms with van der Waals surface area (Å²) < 4.78 is 10.8. The largest absolute Gasteiger partial charge is 0.496 e. The van der Waals surface area contributed by atoms with Gasteiger partial charge >= 0.3 is 6.09 Å². The van der Waals surface area contributed by atoms with E-state index in [9.17, 15) is 4.79 Å². The number of hydrogen-bond donors (Lipinski definition) is 1. The zero-order chi connectivity index (χ0) is 10.8. The maximum Gasteiger partial charge on any atom is 0.407 e. The van der Waals surface area contributed by atoms with E-state index in [0.717, 1.165) is 15.8 Å². The molecule has 15 heavy (non-hydrogen) atoms. The molecule has 0 unspecified atom stereocenters. The molecule has 1 aliphatic rings. The number of alkyl carbamates (subject to hydrolysis) is 1. The van der Waals surface area contributed by atoms with Crippen LogP contribution in [0.1, 0.15) is 11.6 Å². The Labute approximate surface area is 95.7 Å². The fourth-order valence-electron chi connectivity index (χ4n) is 1.46. The Kier molecular flexibility index (Phi) is 2.81. The van der Waals surface area contributed by atoms with Crippen molar-refractivity contribution in [1.82, 2.24) is 5.32 Å². The van der Waals surface area contributed by atoms with E-state index < -0.39 is 0 Å². The van der Waals surface area contributed by atoms with Crippen LogP contribution in [0.15, 0.2) is 22.7 Å². The molecule has 0 aliphatic carbocycles. The Morgan fingerprint density at radius 2 is 2.40 bits per heavy atom. The summed E-state index contributed by atoms with van der Waals surface area (Å²) in [5.74, 6) is 0.768. The minimum absolute atomic E-state index is 0.0697. The van der Waals surface area contributed by atoms with Gasteiger partial charge in [0, 0.05) is 0 Å². The highest BCUT2D eigenvalue weighted by Crippen LogP contribution is 2.29. The normalized spacial score (nSPS) is 19.6. The molecule has 1 fully saturated rings. The van der Waals surface area contributed by atoms with E-state index in [0.29, 0.717) is 6.61 Å². The molecule has 1 saturated heterocycles. The Balaban J connectivity index is 2.22. The van der Waals surface area contributed by atoms with Crippen LogP contribution in [0.3, 0.4) is 0 Å². The minimum atomic E-state index is -0.369. The highest BCUT2D eigenvalue weighted by Gasteiger charge is 2.24. The first-order chi connectivity index (χ1) is 7.20. The second kappa shape index (κ2) is 4.10. The number of amides is 1. The maximum atomic E-state index is 10.9. The molecule has 1 aromatic carbocycles. The molecule has 1 N–H and O–H groups in total. The number of ether oxygens (including phenoxy) is 2. The predicted molar refractivity (Wildman–Crippen MR) is 57.9 cm³/mol. The van der Waals surface area contributed by atoms with Crippen molar-refractivity contribution in [3.05, 3.63) is 28.2 Å². The van der Waals surface area contributed by atoms with Crippen molar-refractivity contribution in [3.63, 3.8) is 0 Å². The van der Waals surface area contributed by atoms with Gasteiger partial charge in [0.25, 0.3) is 0 Å². The summed E-state index contributed by atoms with van der Waals surface area (Å²) in [5, 5.41) is 2.71. The van der Waals surface area contributed by atoms with Gasteiger partial charge in [0.15, 0.2) is 0 Å². The minimum Gasteiger partial charge on any atom is -0.496 e. The van der Waals surface area contributed by atoms with Gasteiger partial charge < -0.3 is 14.8 Å². The SMILES string of the molecule is COc1ccc([C@@H]2COC(=O)N2)cc1Br. The van der Waals surface area contributed by atoms with E-state index in [2.05, 4.69) is 21.2 Å². The molecule has 4 nitrogen and oxygen atoms in total. The summed E-state index contributed by atoms with van der Waals surface area (Å²) >= 11 is 3.39. The van der Waals surface area contributed by atoms with Crippen LogP contribution in [0.2, 0.25) is 0 Å². The molecule has 1 atom stereocenters. The lowest BCUT2D eigenvalue weighted by Gasteiger charge is -2.10. The van der Waals surface area contributed by atoms with E-state index >= 15 is 0 Å². The fraction of sp³-hybridized carbons (Fsp3) is 0.300. The van der Waals surface area contributed by atoms with E-state index in [-0.39, 0.29) is 12.1 Å². The van der Waals surface area contributed by atoms with Crippen molar-refractivity contribution >= 4 is 22.0 Å². The zero-order valence-corrected chi connectivity index (χ0v) is 9.71. The first kappa shape index (κ1) is 10.3. The van der Waals surface area contributed by atoms with Crippen LogP contribution in [0, 0.1) is 0 Å². The number of hydrogen-bond acceptors (Lipinski definition) is 3. The summed E-state index contributed by atoms with van der Waals surface area (Å²) in [6.45, 7) is 0.373. The molecule has 5 heteroatoms. The molecule has 1 heterocycles. The molecule has 0 radical (unpaired) electrons. The number of carbonyl (C=O) groups is 1. The van der Waals surface area contributed by atoms with Crippen LogP contribution in [0.4, 0.5) is 4.79 Å². The molecular weight excluding hydrogens is 262 g/mol. The Bertz CT molecular complexity index is 394. The van der Waals surface area contributed by atoms with Crippen LogP contribution in [-0.4, -0.2) is 19.8 Å². The number of cyclic esters (lactones) is 1. The molecule has 1 aromatic rings. The smallest absolute Gasteiger partial charge is 0.407 e. The van der Waals surface area contributed by atoms with E-state index in [4.69, 9.17) is 9.47 Å². The van der Waals surface area contributed by atoms with Crippen molar-refractivity contribution in [2.75, 3.05) is 13.7 Å². The molecule has 1 aliphatic heterocycles. The van der Waals surface area contributed by atoms with Gasteiger partial charge in [0.05, 0.1) is 17.6 Å². The topological polar surface area (TPSA) is 47.6 Å². The van der Waals surface area contributed by atoms with Gasteiger partial charge in [0.2, 0.25) is 0 Å². The molecule has 1 amide bonds. The molecule has 0 bridgehead atoms. The van der Waals surface area contributed by atoms with Crippen molar-refractivity contribution in [1.29, 1.82) is 0 Å². The number of benzene rings is 1. The summed E-state index contributed by atoms with van der Waals surface area (Å²) in [6.07, 6.45) is -0.369. The van der Waals surface area contributed by atoms with Crippen molar-refractivity contribution in [2.45, 2.75) is 6.04 Å². The van der Waals surface area contributed by atoms with Gasteiger partial charge in [-0.25, -0.2) is 4.79 Å². The highest BCUT2D eigenvalue weighted by atomic mass is 79.9. The zero-order valence-electron chi connectivity index (χ0n) is 8.12. The third-order valence-electron chi connectivity index (χ3n) is 2.25. The van der Waals surface area contributed by atoms with Gasteiger partial charge in [-0.1, -0.05) is 6.07 Å². The predicted octanol–water partition coefficient (Wildman–Crippen LogP) is 2.24. The maximum absolute atomic E-state index is 10.9. The summed E-state index contributed by atoms with van der Waals surface area (Å²) in [6, 6.07) is 5.60. The number of rotatable bonds is 2. The average molecular weight is 272 g/mol. The van der Waals surface area contributed by atoms with Crippen LogP contribution < -0.4 is 10.1 Å². The molecule has 80 valence electrons. The Morgan fingerprint density at radius 3 is 2.93 bits per heavy atom. The van der Waals surface area contributed by atoms with Gasteiger partial charge in [0.1, 0.15) is 12.4 Å². The van der Waals surface area contributed by atoms with Crippen molar-refractivity contribution in [3.8, 4) is 5.75 Å². The van der Waals surface area contributed by atoms with Crippen molar-refractivity contribution in [2.24, 2.45) is 0 Å². The van der Waals surface area contributed by atoms with Gasteiger partial charge in [-0.05, 0) is 33.6 Å². The first-order valence-electron chi connectivity index (χ1n) is 4.47. The Morgan fingerprint density at radius 1 is 1.60 bits per heavy atom. The molecule has 0 spiro atoms. The van der Waals surface area contributed by atoms with Crippen LogP contribution >= 0.6 is 15.9 Å². The van der Waals surface area contributed by atoms with E-state index in [1.54, 1.807) is 7.11 Å². The monoisotopic (exact) mass is 271 g/mol. The van der Waals surface area contributed by atoms with Crippen LogP contribution in [0.25, 0.3) is 0 Å². The standard InChI is InChI=1S/C10H10BrNO3/c1-14-9-3-2-6(4-7(9)11)8-5-15-10(13)12-8/h2-4,8H,5H2,1H3,(H,12,13)/t8-/m0/s1. The number of nitrogens with one attached hydrogen (secondary N) is 1. The number of carbonyl (C=O) groups excluding carboxylic acids is 1. The third kappa shape index (κ3) is 2.07. The molecule has 2 rings (SSSR count). The summed E-state index contributed by atoms with van der Waals surface area (Å²) in [4.78, 5) is 10.9. The fourth-order valence-corrected chi connectivity index (χ4v) is 2.02. The summed E-state index contributed by atoms with van der Waals surface area (Å²) in [5.41, 5.74) is 0.994. The van der Waals surface area contributed by atoms with E-state index in [1.807, 2.05) is 18.2 Å². The third-order valence-corrected chi connectivity index (χ3v) is 2.87. The van der Waals surface area contributed by atoms with Crippen LogP contribution in [0.5, 0.6) is 5.75 Å². The summed E-state index contributed by atoms with van der Waals surface area (Å²) in [7, 11) is 1.61. The number of methoxy groups -OCH3 is 1. The quantitative estimate of drug-likeness (QED) is 0.898. The highest BCUT2D eigenvalue weighted by molar-refractivity contribution is 9.10. The Hall–Kier alpha value is -1.23. The second-order valence-corrected chi connectivity index (χ2v) is 4.04. The molecule has 0 saturated carbocycles. The first-order valence-corrected chi connectivity index (χ1v) is 5.26. The molecular formula is C10H10BrNO3.